The van der Waals surface area contributed by atoms with Crippen LogP contribution in [-0.4, -0.2) is 12.5 Å². The third-order valence-corrected chi connectivity index (χ3v) is 2.65. The summed E-state index contributed by atoms with van der Waals surface area (Å²) in [7, 11) is 0. The average molecular weight is 229 g/mol. The number of anilines is 2. The summed E-state index contributed by atoms with van der Waals surface area (Å²) in [5.74, 6) is -0.811. The van der Waals surface area contributed by atoms with Crippen molar-refractivity contribution in [3.63, 3.8) is 0 Å². The van der Waals surface area contributed by atoms with E-state index in [-0.39, 0.29) is 16.8 Å². The zero-order chi connectivity index (χ0) is 11.0. The van der Waals surface area contributed by atoms with Gasteiger partial charge in [-0.1, -0.05) is 18.5 Å². The smallest absolute Gasteiger partial charge is 0.229 e. The van der Waals surface area contributed by atoms with Gasteiger partial charge in [0.25, 0.3) is 0 Å². The van der Waals surface area contributed by atoms with Crippen molar-refractivity contribution in [3.05, 3.63) is 23.0 Å². The SMILES string of the molecule is CC1CNc2cc(Cl)c(F)cc2NC1=O. The lowest BCUT2D eigenvalue weighted by Crippen LogP contribution is -2.22. The molecule has 0 spiro atoms. The van der Waals surface area contributed by atoms with E-state index in [4.69, 9.17) is 11.6 Å². The second-order valence-electron chi connectivity index (χ2n) is 3.58. The molecule has 15 heavy (non-hydrogen) atoms. The van der Waals surface area contributed by atoms with Crippen LogP contribution in [0.2, 0.25) is 5.02 Å². The predicted octanol–water partition coefficient (Wildman–Crippen LogP) is 2.48. The van der Waals surface area contributed by atoms with Crippen molar-refractivity contribution in [2.45, 2.75) is 6.92 Å². The number of hydrogen-bond donors (Lipinski definition) is 2. The van der Waals surface area contributed by atoms with Gasteiger partial charge in [-0.15, -0.1) is 0 Å². The average Bonchev–Trinajstić information content (AvgIpc) is 2.31. The molecular weight excluding hydrogens is 219 g/mol. The lowest BCUT2D eigenvalue weighted by molar-refractivity contribution is -0.118. The number of nitrogens with one attached hydrogen (secondary N) is 2. The molecule has 1 unspecified atom stereocenters. The standard InChI is InChI=1S/C10H10ClFN2O/c1-5-4-13-8-2-6(11)7(12)3-9(8)14-10(5)15/h2-3,5,13H,4H2,1H3,(H,14,15). The highest BCUT2D eigenvalue weighted by Gasteiger charge is 2.20. The molecule has 0 saturated carbocycles. The first-order valence-corrected chi connectivity index (χ1v) is 4.99. The Morgan fingerprint density at radius 3 is 2.93 bits per heavy atom. The van der Waals surface area contributed by atoms with Crippen molar-refractivity contribution >= 4 is 28.9 Å². The van der Waals surface area contributed by atoms with Gasteiger partial charge in [0, 0.05) is 12.6 Å². The van der Waals surface area contributed by atoms with Crippen LogP contribution >= 0.6 is 11.6 Å². The highest BCUT2D eigenvalue weighted by Crippen LogP contribution is 2.30. The van der Waals surface area contributed by atoms with E-state index in [0.29, 0.717) is 17.9 Å². The summed E-state index contributed by atoms with van der Waals surface area (Å²) in [4.78, 5) is 11.5. The maximum absolute atomic E-state index is 13.2. The second kappa shape index (κ2) is 3.70. The molecule has 1 aromatic rings. The van der Waals surface area contributed by atoms with Crippen LogP contribution in [0.5, 0.6) is 0 Å². The lowest BCUT2D eigenvalue weighted by Gasteiger charge is -2.08. The Morgan fingerprint density at radius 2 is 2.20 bits per heavy atom. The molecule has 0 bridgehead atoms. The Morgan fingerprint density at radius 1 is 1.47 bits per heavy atom. The summed E-state index contributed by atoms with van der Waals surface area (Å²) in [5.41, 5.74) is 1.09. The van der Waals surface area contributed by atoms with Gasteiger partial charge in [-0.25, -0.2) is 4.39 Å². The predicted molar refractivity (Wildman–Crippen MR) is 57.7 cm³/mol. The second-order valence-corrected chi connectivity index (χ2v) is 3.99. The third-order valence-electron chi connectivity index (χ3n) is 2.36. The Bertz CT molecular complexity index is 422. The number of carbonyl (C=O) groups is 1. The molecular formula is C10H10ClFN2O. The summed E-state index contributed by atoms with van der Waals surface area (Å²) < 4.78 is 13.2. The number of rotatable bonds is 0. The fraction of sp³-hybridized carbons (Fsp3) is 0.300. The molecule has 0 fully saturated rings. The van der Waals surface area contributed by atoms with E-state index in [0.717, 1.165) is 0 Å². The lowest BCUT2D eigenvalue weighted by atomic mass is 10.2. The van der Waals surface area contributed by atoms with Crippen LogP contribution in [0, 0.1) is 11.7 Å². The van der Waals surface area contributed by atoms with Crippen LogP contribution in [0.4, 0.5) is 15.8 Å². The first kappa shape index (κ1) is 10.2. The first-order chi connectivity index (χ1) is 7.08. The maximum atomic E-state index is 13.2. The molecule has 5 heteroatoms. The van der Waals surface area contributed by atoms with Crippen LogP contribution in [-0.2, 0) is 4.79 Å². The summed E-state index contributed by atoms with van der Waals surface area (Å²) in [5, 5.41) is 5.73. The van der Waals surface area contributed by atoms with Gasteiger partial charge < -0.3 is 10.6 Å². The number of benzene rings is 1. The highest BCUT2D eigenvalue weighted by atomic mass is 35.5. The molecule has 1 aromatic carbocycles. The monoisotopic (exact) mass is 228 g/mol. The minimum atomic E-state index is -0.535. The number of carbonyl (C=O) groups excluding carboxylic acids is 1. The molecule has 2 N–H and O–H groups in total. The minimum absolute atomic E-state index is 0.0463. The van der Waals surface area contributed by atoms with E-state index in [1.54, 1.807) is 6.92 Å². The number of fused-ring (bicyclic) bond motifs is 1. The van der Waals surface area contributed by atoms with Crippen molar-refractivity contribution in [1.29, 1.82) is 0 Å². The normalized spacial score (nSPS) is 19.9. The van der Waals surface area contributed by atoms with Gasteiger partial charge >= 0.3 is 0 Å². The van der Waals surface area contributed by atoms with Crippen molar-refractivity contribution < 1.29 is 9.18 Å². The maximum Gasteiger partial charge on any atom is 0.229 e. The Kier molecular flexibility index (Phi) is 2.52. The van der Waals surface area contributed by atoms with Gasteiger partial charge in [0.15, 0.2) is 0 Å². The quantitative estimate of drug-likeness (QED) is 0.716. The van der Waals surface area contributed by atoms with Gasteiger partial charge in [-0.2, -0.15) is 0 Å². The summed E-state index contributed by atoms with van der Waals surface area (Å²) >= 11 is 5.64. The summed E-state index contributed by atoms with van der Waals surface area (Å²) in [6, 6.07) is 2.70. The molecule has 3 nitrogen and oxygen atoms in total. The molecule has 1 aliphatic heterocycles. The molecule has 0 radical (unpaired) electrons. The Hall–Kier alpha value is -1.29. The van der Waals surface area contributed by atoms with Crippen molar-refractivity contribution in [1.82, 2.24) is 0 Å². The molecule has 1 atom stereocenters. The summed E-state index contributed by atoms with van der Waals surface area (Å²) in [6.07, 6.45) is 0. The highest BCUT2D eigenvalue weighted by molar-refractivity contribution is 6.31. The molecule has 2 rings (SSSR count). The fourth-order valence-corrected chi connectivity index (χ4v) is 1.57. The molecule has 0 aromatic heterocycles. The van der Waals surface area contributed by atoms with E-state index in [1.807, 2.05) is 0 Å². The topological polar surface area (TPSA) is 41.1 Å². The molecule has 0 aliphatic carbocycles. The molecule has 0 saturated heterocycles. The van der Waals surface area contributed by atoms with Crippen LogP contribution < -0.4 is 10.6 Å². The van der Waals surface area contributed by atoms with E-state index < -0.39 is 5.82 Å². The zero-order valence-corrected chi connectivity index (χ0v) is 8.86. The van der Waals surface area contributed by atoms with Crippen molar-refractivity contribution in [2.24, 2.45) is 5.92 Å². The van der Waals surface area contributed by atoms with Gasteiger partial charge in [0.1, 0.15) is 5.82 Å². The number of halogens is 2. The zero-order valence-electron chi connectivity index (χ0n) is 8.10. The van der Waals surface area contributed by atoms with E-state index in [1.165, 1.54) is 12.1 Å². The molecule has 1 aliphatic rings. The third kappa shape index (κ3) is 1.90. The van der Waals surface area contributed by atoms with Gasteiger partial charge in [0.2, 0.25) is 5.91 Å². The Balaban J connectivity index is 2.43. The van der Waals surface area contributed by atoms with E-state index in [9.17, 15) is 9.18 Å². The first-order valence-electron chi connectivity index (χ1n) is 4.61. The van der Waals surface area contributed by atoms with E-state index >= 15 is 0 Å². The fourth-order valence-electron chi connectivity index (χ4n) is 1.41. The van der Waals surface area contributed by atoms with E-state index in [2.05, 4.69) is 10.6 Å². The van der Waals surface area contributed by atoms with Crippen molar-refractivity contribution in [2.75, 3.05) is 17.2 Å². The minimum Gasteiger partial charge on any atom is -0.383 e. The van der Waals surface area contributed by atoms with Crippen molar-refractivity contribution in [3.8, 4) is 0 Å². The van der Waals surface area contributed by atoms with Crippen LogP contribution in [0.3, 0.4) is 0 Å². The van der Waals surface area contributed by atoms with Crippen LogP contribution in [0.15, 0.2) is 12.1 Å². The largest absolute Gasteiger partial charge is 0.383 e. The molecule has 80 valence electrons. The van der Waals surface area contributed by atoms with Gasteiger partial charge in [-0.3, -0.25) is 4.79 Å². The Labute approximate surface area is 91.6 Å². The summed E-state index contributed by atoms with van der Waals surface area (Å²) in [6.45, 7) is 2.31. The van der Waals surface area contributed by atoms with Crippen LogP contribution in [0.1, 0.15) is 6.92 Å². The van der Waals surface area contributed by atoms with Gasteiger partial charge in [0.05, 0.1) is 22.3 Å². The van der Waals surface area contributed by atoms with Crippen LogP contribution in [0.25, 0.3) is 0 Å². The van der Waals surface area contributed by atoms with Gasteiger partial charge in [-0.05, 0) is 6.07 Å². The number of hydrogen-bond acceptors (Lipinski definition) is 2. The molecule has 1 amide bonds. The molecule has 1 heterocycles. The number of amides is 1.